The Morgan fingerprint density at radius 1 is 0.905 bits per heavy atom. The number of hydrogen-bond donors (Lipinski definition) is 0. The SMILES string of the molecule is O=C(C1=NOC(C(=O)c2ccccc2)C1)c1ccccc1. The minimum absolute atomic E-state index is 0.157. The van der Waals surface area contributed by atoms with E-state index in [9.17, 15) is 9.59 Å². The molecule has 1 unspecified atom stereocenters. The van der Waals surface area contributed by atoms with E-state index < -0.39 is 6.10 Å². The number of benzene rings is 2. The topological polar surface area (TPSA) is 55.7 Å². The van der Waals surface area contributed by atoms with Gasteiger partial charge in [0.25, 0.3) is 0 Å². The summed E-state index contributed by atoms with van der Waals surface area (Å²) in [6.07, 6.45) is -0.503. The van der Waals surface area contributed by atoms with Gasteiger partial charge in [0.2, 0.25) is 11.6 Å². The number of carbonyl (C=O) groups is 2. The molecule has 0 fully saturated rings. The summed E-state index contributed by atoms with van der Waals surface area (Å²) in [7, 11) is 0. The maximum absolute atomic E-state index is 12.2. The van der Waals surface area contributed by atoms with Gasteiger partial charge in [-0.3, -0.25) is 9.59 Å². The fourth-order valence-corrected chi connectivity index (χ4v) is 2.20. The summed E-state index contributed by atoms with van der Waals surface area (Å²) in [6.45, 7) is 0. The number of oxime groups is 1. The smallest absolute Gasteiger partial charge is 0.210 e. The van der Waals surface area contributed by atoms with E-state index in [0.29, 0.717) is 11.1 Å². The molecule has 0 aromatic heterocycles. The van der Waals surface area contributed by atoms with E-state index in [1.54, 1.807) is 48.5 Å². The van der Waals surface area contributed by atoms with Gasteiger partial charge in [-0.15, -0.1) is 0 Å². The highest BCUT2D eigenvalue weighted by atomic mass is 16.6. The number of rotatable bonds is 4. The molecule has 0 radical (unpaired) electrons. The van der Waals surface area contributed by atoms with Crippen LogP contribution in [-0.2, 0) is 4.84 Å². The molecule has 4 heteroatoms. The highest BCUT2D eigenvalue weighted by Gasteiger charge is 2.32. The third-order valence-electron chi connectivity index (χ3n) is 3.32. The zero-order valence-electron chi connectivity index (χ0n) is 11.2. The zero-order valence-corrected chi connectivity index (χ0v) is 11.2. The van der Waals surface area contributed by atoms with Crippen molar-refractivity contribution in [1.82, 2.24) is 0 Å². The number of ketones is 2. The monoisotopic (exact) mass is 279 g/mol. The van der Waals surface area contributed by atoms with E-state index in [2.05, 4.69) is 5.16 Å². The lowest BCUT2D eigenvalue weighted by Gasteiger charge is -2.06. The van der Waals surface area contributed by atoms with Crippen molar-refractivity contribution in [2.75, 3.05) is 0 Å². The molecular formula is C17H13NO3. The normalized spacial score (nSPS) is 17.0. The Bertz CT molecular complexity index is 692. The van der Waals surface area contributed by atoms with Crippen molar-refractivity contribution in [2.24, 2.45) is 5.16 Å². The molecule has 0 aliphatic carbocycles. The minimum atomic E-state index is -0.713. The van der Waals surface area contributed by atoms with Gasteiger partial charge < -0.3 is 4.84 Å². The van der Waals surface area contributed by atoms with Gasteiger partial charge in [0.15, 0.2) is 6.10 Å². The van der Waals surface area contributed by atoms with E-state index in [4.69, 9.17) is 4.84 Å². The van der Waals surface area contributed by atoms with E-state index in [-0.39, 0.29) is 23.7 Å². The maximum Gasteiger partial charge on any atom is 0.210 e. The fraction of sp³-hybridized carbons (Fsp3) is 0.118. The van der Waals surface area contributed by atoms with Crippen molar-refractivity contribution in [1.29, 1.82) is 0 Å². The first-order valence-electron chi connectivity index (χ1n) is 6.67. The molecule has 0 spiro atoms. The van der Waals surface area contributed by atoms with Crippen LogP contribution in [0.3, 0.4) is 0 Å². The third kappa shape index (κ3) is 2.74. The minimum Gasteiger partial charge on any atom is -0.383 e. The van der Waals surface area contributed by atoms with Crippen molar-refractivity contribution in [3.63, 3.8) is 0 Å². The summed E-state index contributed by atoms with van der Waals surface area (Å²) in [5.74, 6) is -0.353. The Balaban J connectivity index is 1.71. The largest absolute Gasteiger partial charge is 0.383 e. The third-order valence-corrected chi connectivity index (χ3v) is 3.32. The van der Waals surface area contributed by atoms with Crippen LogP contribution in [0.15, 0.2) is 65.8 Å². The maximum atomic E-state index is 12.2. The molecule has 0 amide bonds. The number of Topliss-reactive ketones (excluding diaryl/α,β-unsaturated/α-hetero) is 2. The number of nitrogens with zero attached hydrogens (tertiary/aromatic N) is 1. The van der Waals surface area contributed by atoms with E-state index >= 15 is 0 Å². The van der Waals surface area contributed by atoms with Crippen LogP contribution in [0.4, 0.5) is 0 Å². The molecular weight excluding hydrogens is 266 g/mol. The summed E-state index contributed by atoms with van der Waals surface area (Å²) in [6, 6.07) is 17.7. The molecule has 0 bridgehead atoms. The van der Waals surface area contributed by atoms with E-state index in [1.807, 2.05) is 12.1 Å². The quantitative estimate of drug-likeness (QED) is 0.809. The van der Waals surface area contributed by atoms with Crippen molar-refractivity contribution >= 4 is 17.3 Å². The second-order valence-electron chi connectivity index (χ2n) is 4.76. The van der Waals surface area contributed by atoms with Crippen LogP contribution in [0, 0.1) is 0 Å². The molecule has 0 saturated heterocycles. The first kappa shape index (κ1) is 13.2. The molecule has 4 nitrogen and oxygen atoms in total. The summed E-state index contributed by atoms with van der Waals surface area (Å²) in [5, 5.41) is 3.79. The summed E-state index contributed by atoms with van der Waals surface area (Å²) in [5.41, 5.74) is 1.40. The average molecular weight is 279 g/mol. The lowest BCUT2D eigenvalue weighted by Crippen LogP contribution is -2.23. The van der Waals surface area contributed by atoms with Crippen molar-refractivity contribution < 1.29 is 14.4 Å². The number of hydrogen-bond acceptors (Lipinski definition) is 4. The van der Waals surface area contributed by atoms with Crippen molar-refractivity contribution in [3.8, 4) is 0 Å². The lowest BCUT2D eigenvalue weighted by molar-refractivity contribution is 0.0556. The zero-order chi connectivity index (χ0) is 14.7. The first-order chi connectivity index (χ1) is 10.3. The van der Waals surface area contributed by atoms with Crippen molar-refractivity contribution in [3.05, 3.63) is 71.8 Å². The van der Waals surface area contributed by atoms with Crippen LogP contribution in [0.1, 0.15) is 27.1 Å². The highest BCUT2D eigenvalue weighted by Crippen LogP contribution is 2.18. The standard InChI is InChI=1S/C17H13NO3/c19-16(12-7-3-1-4-8-12)14-11-15(21-18-14)17(20)13-9-5-2-6-10-13/h1-10,15H,11H2. The Kier molecular flexibility index (Phi) is 3.60. The highest BCUT2D eigenvalue weighted by molar-refractivity contribution is 6.46. The van der Waals surface area contributed by atoms with Crippen LogP contribution in [0.5, 0.6) is 0 Å². The van der Waals surface area contributed by atoms with Gasteiger partial charge in [-0.25, -0.2) is 0 Å². The summed E-state index contributed by atoms with van der Waals surface area (Å²) >= 11 is 0. The molecule has 0 N–H and O–H groups in total. The first-order valence-corrected chi connectivity index (χ1v) is 6.67. The molecule has 0 saturated carbocycles. The summed E-state index contributed by atoms with van der Waals surface area (Å²) in [4.78, 5) is 29.6. The van der Waals surface area contributed by atoms with Crippen LogP contribution in [0.2, 0.25) is 0 Å². The second-order valence-corrected chi connectivity index (χ2v) is 4.76. The van der Waals surface area contributed by atoms with Gasteiger partial charge in [0, 0.05) is 17.5 Å². The Morgan fingerprint density at radius 2 is 1.48 bits per heavy atom. The second kappa shape index (κ2) is 5.71. The van der Waals surface area contributed by atoms with Gasteiger partial charge in [0.1, 0.15) is 5.71 Å². The Labute approximate surface area is 122 Å². The summed E-state index contributed by atoms with van der Waals surface area (Å²) < 4.78 is 0. The molecule has 21 heavy (non-hydrogen) atoms. The molecule has 1 heterocycles. The van der Waals surface area contributed by atoms with Gasteiger partial charge in [-0.2, -0.15) is 0 Å². The van der Waals surface area contributed by atoms with Crippen molar-refractivity contribution in [2.45, 2.75) is 12.5 Å². The van der Waals surface area contributed by atoms with Gasteiger partial charge in [0.05, 0.1) is 0 Å². The van der Waals surface area contributed by atoms with E-state index in [1.165, 1.54) is 0 Å². The van der Waals surface area contributed by atoms with Crippen LogP contribution in [-0.4, -0.2) is 23.4 Å². The fourth-order valence-electron chi connectivity index (χ4n) is 2.20. The van der Waals surface area contributed by atoms with Gasteiger partial charge >= 0.3 is 0 Å². The molecule has 2 aromatic carbocycles. The Hall–Kier alpha value is -2.75. The molecule has 3 rings (SSSR count). The van der Waals surface area contributed by atoms with Gasteiger partial charge in [-0.05, 0) is 0 Å². The molecule has 1 aliphatic rings. The molecule has 1 atom stereocenters. The predicted octanol–water partition coefficient (Wildman–Crippen LogP) is 2.90. The Morgan fingerprint density at radius 3 is 2.10 bits per heavy atom. The van der Waals surface area contributed by atoms with Gasteiger partial charge in [-0.1, -0.05) is 65.8 Å². The van der Waals surface area contributed by atoms with Crippen LogP contribution in [0.25, 0.3) is 0 Å². The molecule has 2 aromatic rings. The predicted molar refractivity (Wildman–Crippen MR) is 78.5 cm³/mol. The van der Waals surface area contributed by atoms with E-state index in [0.717, 1.165) is 0 Å². The van der Waals surface area contributed by atoms with Crippen LogP contribution >= 0.6 is 0 Å². The van der Waals surface area contributed by atoms with Crippen LogP contribution < -0.4 is 0 Å². The molecule has 104 valence electrons. The number of carbonyl (C=O) groups excluding carboxylic acids is 2. The average Bonchev–Trinajstić information content (AvgIpc) is 3.05. The molecule has 1 aliphatic heterocycles. The lowest BCUT2D eigenvalue weighted by atomic mass is 9.98.